The summed E-state index contributed by atoms with van der Waals surface area (Å²) in [4.78, 5) is 0. The molecule has 1 unspecified atom stereocenters. The number of benzene rings is 2. The van der Waals surface area contributed by atoms with E-state index in [4.69, 9.17) is 10.8 Å². The summed E-state index contributed by atoms with van der Waals surface area (Å²) in [7, 11) is 1.84. The first kappa shape index (κ1) is 16.4. The number of likely N-dealkylation sites (N-methyl/N-ethyl adjacent to an activating group) is 1. The molecule has 0 bridgehead atoms. The third-order valence-electron chi connectivity index (χ3n) is 3.21. The molecule has 0 aromatic heterocycles. The van der Waals surface area contributed by atoms with Crippen molar-refractivity contribution in [3.63, 3.8) is 0 Å². The van der Waals surface area contributed by atoms with Gasteiger partial charge in [0.1, 0.15) is 0 Å². The highest BCUT2D eigenvalue weighted by molar-refractivity contribution is 5.24. The van der Waals surface area contributed by atoms with Gasteiger partial charge in [-0.25, -0.2) is 0 Å². The third-order valence-corrected chi connectivity index (χ3v) is 3.21. The summed E-state index contributed by atoms with van der Waals surface area (Å²) in [6.07, 6.45) is 0. The molecule has 20 heavy (non-hydrogen) atoms. The Bertz CT molecular complexity index is 481. The lowest BCUT2D eigenvalue weighted by Gasteiger charge is -2.12. The van der Waals surface area contributed by atoms with Gasteiger partial charge in [-0.05, 0) is 30.7 Å². The summed E-state index contributed by atoms with van der Waals surface area (Å²) in [6, 6.07) is 18.1. The Labute approximate surface area is 121 Å². The van der Waals surface area contributed by atoms with E-state index in [9.17, 15) is 0 Å². The van der Waals surface area contributed by atoms with Crippen molar-refractivity contribution in [1.82, 2.24) is 5.32 Å². The quantitative estimate of drug-likeness (QED) is 0.801. The first-order valence-electron chi connectivity index (χ1n) is 6.80. The Morgan fingerprint density at radius 2 is 1.65 bits per heavy atom. The van der Waals surface area contributed by atoms with Crippen LogP contribution in [0.4, 0.5) is 0 Å². The predicted octanol–water partition coefficient (Wildman–Crippen LogP) is 2.39. The zero-order valence-electron chi connectivity index (χ0n) is 12.2. The van der Waals surface area contributed by atoms with E-state index in [-0.39, 0.29) is 12.6 Å². The predicted molar refractivity (Wildman–Crippen MR) is 84.4 cm³/mol. The van der Waals surface area contributed by atoms with Gasteiger partial charge in [-0.15, -0.1) is 0 Å². The van der Waals surface area contributed by atoms with Gasteiger partial charge in [-0.1, -0.05) is 54.6 Å². The van der Waals surface area contributed by atoms with Gasteiger partial charge in [0.25, 0.3) is 0 Å². The Hall–Kier alpha value is -1.68. The summed E-state index contributed by atoms with van der Waals surface area (Å²) in [5.41, 5.74) is 9.08. The minimum Gasteiger partial charge on any atom is -0.394 e. The lowest BCUT2D eigenvalue weighted by atomic mass is 10.1. The van der Waals surface area contributed by atoms with Crippen molar-refractivity contribution in [3.8, 4) is 0 Å². The molecule has 0 saturated carbocycles. The lowest BCUT2D eigenvalue weighted by molar-refractivity contribution is 0.251. The average Bonchev–Trinajstić information content (AvgIpc) is 2.51. The van der Waals surface area contributed by atoms with Crippen LogP contribution in [0.15, 0.2) is 54.6 Å². The summed E-state index contributed by atoms with van der Waals surface area (Å²) < 4.78 is 0. The van der Waals surface area contributed by atoms with Crippen molar-refractivity contribution < 1.29 is 5.11 Å². The fourth-order valence-electron chi connectivity index (χ4n) is 1.89. The monoisotopic (exact) mass is 272 g/mol. The first-order chi connectivity index (χ1) is 9.72. The Balaban J connectivity index is 0.000000204. The number of nitrogens with two attached hydrogens (primary N) is 1. The smallest absolute Gasteiger partial charge is 0.0626 e. The summed E-state index contributed by atoms with van der Waals surface area (Å²) in [5.74, 6) is 0. The zero-order chi connectivity index (χ0) is 14.8. The molecule has 3 heteroatoms. The van der Waals surface area contributed by atoms with Gasteiger partial charge < -0.3 is 16.2 Å². The molecule has 0 aliphatic carbocycles. The average molecular weight is 272 g/mol. The maximum atomic E-state index is 8.92. The molecule has 2 rings (SSSR count). The first-order valence-corrected chi connectivity index (χ1v) is 6.80. The summed E-state index contributed by atoms with van der Waals surface area (Å²) >= 11 is 0. The van der Waals surface area contributed by atoms with Crippen LogP contribution in [0.1, 0.15) is 22.7 Å². The number of hydrogen-bond donors (Lipinski definition) is 3. The molecule has 3 nitrogen and oxygen atoms in total. The summed E-state index contributed by atoms with van der Waals surface area (Å²) in [6.45, 7) is 2.86. The molecule has 0 amide bonds. The van der Waals surface area contributed by atoms with Crippen LogP contribution in [0, 0.1) is 6.92 Å². The molecule has 0 spiro atoms. The van der Waals surface area contributed by atoms with Crippen molar-refractivity contribution >= 4 is 0 Å². The molecule has 0 radical (unpaired) electrons. The molecule has 0 saturated heterocycles. The molecule has 0 heterocycles. The number of aryl methyl sites for hydroxylation is 1. The second-order valence-corrected chi connectivity index (χ2v) is 4.57. The van der Waals surface area contributed by atoms with Crippen molar-refractivity contribution in [2.45, 2.75) is 19.5 Å². The topological polar surface area (TPSA) is 58.3 Å². The molecule has 2 aromatic carbocycles. The minimum absolute atomic E-state index is 0.0659. The lowest BCUT2D eigenvalue weighted by Crippen LogP contribution is -2.19. The third kappa shape index (κ3) is 5.13. The van der Waals surface area contributed by atoms with Crippen LogP contribution in [0.5, 0.6) is 0 Å². The highest BCUT2D eigenvalue weighted by Crippen LogP contribution is 2.09. The van der Waals surface area contributed by atoms with E-state index in [1.165, 1.54) is 11.1 Å². The van der Waals surface area contributed by atoms with E-state index in [1.807, 2.05) is 49.5 Å². The highest BCUT2D eigenvalue weighted by atomic mass is 16.3. The Kier molecular flexibility index (Phi) is 7.58. The van der Waals surface area contributed by atoms with Gasteiger partial charge in [0.2, 0.25) is 0 Å². The van der Waals surface area contributed by atoms with Crippen LogP contribution in [0.25, 0.3) is 0 Å². The maximum absolute atomic E-state index is 8.92. The number of aliphatic hydroxyl groups excluding tert-OH is 1. The highest BCUT2D eigenvalue weighted by Gasteiger charge is 2.04. The second-order valence-electron chi connectivity index (χ2n) is 4.57. The van der Waals surface area contributed by atoms with E-state index >= 15 is 0 Å². The van der Waals surface area contributed by atoms with Gasteiger partial charge >= 0.3 is 0 Å². The van der Waals surface area contributed by atoms with Crippen LogP contribution in [0.2, 0.25) is 0 Å². The van der Waals surface area contributed by atoms with E-state index in [0.29, 0.717) is 6.54 Å². The number of aliphatic hydroxyl groups is 1. The largest absolute Gasteiger partial charge is 0.394 e. The van der Waals surface area contributed by atoms with Crippen molar-refractivity contribution in [3.05, 3.63) is 71.3 Å². The minimum atomic E-state index is 0.0659. The van der Waals surface area contributed by atoms with Crippen LogP contribution >= 0.6 is 0 Å². The molecular formula is C17H24N2O. The standard InChI is InChI=1S/C9H13NO.C8H11N/c1-10-9(7-11)8-5-3-2-4-6-8;1-7-4-2-3-5-8(7)6-9/h2-6,9-11H,7H2,1H3;2-5H,6,9H2,1H3. The number of nitrogens with one attached hydrogen (secondary N) is 1. The van der Waals surface area contributed by atoms with Gasteiger partial charge in [0, 0.05) is 6.54 Å². The fraction of sp³-hybridized carbons (Fsp3) is 0.294. The van der Waals surface area contributed by atoms with Crippen molar-refractivity contribution in [2.24, 2.45) is 5.73 Å². The van der Waals surface area contributed by atoms with Crippen LogP contribution in [0.3, 0.4) is 0 Å². The molecular weight excluding hydrogens is 248 g/mol. The maximum Gasteiger partial charge on any atom is 0.0626 e. The van der Waals surface area contributed by atoms with Gasteiger partial charge in [-0.3, -0.25) is 0 Å². The zero-order valence-corrected chi connectivity index (χ0v) is 12.2. The van der Waals surface area contributed by atoms with Gasteiger partial charge in [0.05, 0.1) is 12.6 Å². The molecule has 0 aliphatic rings. The van der Waals surface area contributed by atoms with Gasteiger partial charge in [-0.2, -0.15) is 0 Å². The van der Waals surface area contributed by atoms with E-state index in [1.54, 1.807) is 0 Å². The van der Waals surface area contributed by atoms with Crippen molar-refractivity contribution in [1.29, 1.82) is 0 Å². The van der Waals surface area contributed by atoms with Crippen molar-refractivity contribution in [2.75, 3.05) is 13.7 Å². The molecule has 2 aromatic rings. The summed E-state index contributed by atoms with van der Waals surface area (Å²) in [5, 5.41) is 11.9. The molecule has 108 valence electrons. The van der Waals surface area contributed by atoms with E-state index in [0.717, 1.165) is 5.56 Å². The molecule has 0 fully saturated rings. The number of rotatable bonds is 4. The SMILES string of the molecule is CNC(CO)c1ccccc1.Cc1ccccc1CN. The number of hydrogen-bond acceptors (Lipinski definition) is 3. The van der Waals surface area contributed by atoms with E-state index in [2.05, 4.69) is 24.4 Å². The van der Waals surface area contributed by atoms with E-state index < -0.39 is 0 Å². The van der Waals surface area contributed by atoms with Crippen LogP contribution in [-0.2, 0) is 6.54 Å². The second kappa shape index (κ2) is 9.26. The Morgan fingerprint density at radius 1 is 1.05 bits per heavy atom. The molecule has 4 N–H and O–H groups in total. The molecule has 0 aliphatic heterocycles. The normalized spacial score (nSPS) is 11.4. The fourth-order valence-corrected chi connectivity index (χ4v) is 1.89. The Morgan fingerprint density at radius 3 is 2.10 bits per heavy atom. The molecule has 1 atom stereocenters. The van der Waals surface area contributed by atoms with Crippen LogP contribution < -0.4 is 11.1 Å². The van der Waals surface area contributed by atoms with Crippen LogP contribution in [-0.4, -0.2) is 18.8 Å². The van der Waals surface area contributed by atoms with Gasteiger partial charge in [0.15, 0.2) is 0 Å².